The van der Waals surface area contributed by atoms with Gasteiger partial charge in [-0.15, -0.1) is 11.3 Å². The maximum Gasteiger partial charge on any atom is 0.263 e. The second-order valence-electron chi connectivity index (χ2n) is 6.09. The van der Waals surface area contributed by atoms with Crippen LogP contribution in [0.2, 0.25) is 0 Å². The summed E-state index contributed by atoms with van der Waals surface area (Å²) in [6.07, 6.45) is 3.50. The van der Waals surface area contributed by atoms with Crippen LogP contribution >= 0.6 is 11.3 Å². The molecule has 1 aliphatic rings. The van der Waals surface area contributed by atoms with E-state index < -0.39 is 0 Å². The minimum Gasteiger partial charge on any atom is -0.459 e. The Morgan fingerprint density at radius 1 is 1.38 bits per heavy atom. The number of rotatable bonds is 4. The number of hydrogen-bond acceptors (Lipinski definition) is 7. The van der Waals surface area contributed by atoms with Gasteiger partial charge in [0.1, 0.15) is 5.76 Å². The molecule has 3 aromatic heterocycles. The van der Waals surface area contributed by atoms with Crippen LogP contribution in [0.1, 0.15) is 18.4 Å². The zero-order chi connectivity index (χ0) is 16.5. The Bertz CT molecular complexity index is 782. The Morgan fingerprint density at radius 3 is 3.00 bits per heavy atom. The zero-order valence-electron chi connectivity index (χ0n) is 13.8. The maximum atomic E-state index is 5.76. The highest BCUT2D eigenvalue weighted by Gasteiger charge is 2.26. The highest BCUT2D eigenvalue weighted by Crippen LogP contribution is 2.25. The van der Waals surface area contributed by atoms with Crippen LogP contribution in [0.3, 0.4) is 0 Å². The highest BCUT2D eigenvalue weighted by atomic mass is 32.1. The Balaban J connectivity index is 1.43. The largest absolute Gasteiger partial charge is 0.459 e. The highest BCUT2D eigenvalue weighted by molar-refractivity contribution is 7.13. The van der Waals surface area contributed by atoms with Gasteiger partial charge in [-0.05, 0) is 26.0 Å². The number of aryl methyl sites for hydroxylation is 1. The van der Waals surface area contributed by atoms with Crippen molar-refractivity contribution in [3.8, 4) is 11.7 Å². The van der Waals surface area contributed by atoms with Gasteiger partial charge in [-0.25, -0.2) is 9.97 Å². The molecular weight excluding hydrogens is 324 g/mol. The van der Waals surface area contributed by atoms with Crippen LogP contribution in [0.25, 0.3) is 11.7 Å². The molecule has 4 heterocycles. The molecule has 24 heavy (non-hydrogen) atoms. The molecule has 6 nitrogen and oxygen atoms in total. The first-order chi connectivity index (χ1) is 11.7. The Morgan fingerprint density at radius 2 is 2.29 bits per heavy atom. The number of piperazine rings is 1. The molecule has 0 saturated carbocycles. The Hall–Kier alpha value is -2.12. The lowest BCUT2D eigenvalue weighted by Crippen LogP contribution is -2.51. The van der Waals surface area contributed by atoms with Gasteiger partial charge in [-0.1, -0.05) is 0 Å². The third kappa shape index (κ3) is 2.97. The molecule has 0 amide bonds. The molecular formula is C17H20N4O2S. The molecule has 1 aliphatic heterocycles. The lowest BCUT2D eigenvalue weighted by molar-refractivity contribution is 0.218. The molecule has 7 heteroatoms. The summed E-state index contributed by atoms with van der Waals surface area (Å²) in [4.78, 5) is 13.9. The average Bonchev–Trinajstić information content (AvgIpc) is 3.30. The molecule has 1 atom stereocenters. The van der Waals surface area contributed by atoms with E-state index >= 15 is 0 Å². The number of hydrogen-bond donors (Lipinski definition) is 0. The molecule has 3 aromatic rings. The SMILES string of the molecule is Cc1oc(-c2ccco2)nc1CN1CCN(c2nccs2)C(C)C1. The number of anilines is 1. The summed E-state index contributed by atoms with van der Waals surface area (Å²) in [6, 6.07) is 4.14. The summed E-state index contributed by atoms with van der Waals surface area (Å²) in [5.41, 5.74) is 0.983. The Labute approximate surface area is 144 Å². The van der Waals surface area contributed by atoms with E-state index in [4.69, 9.17) is 8.83 Å². The average molecular weight is 344 g/mol. The van der Waals surface area contributed by atoms with Gasteiger partial charge in [-0.2, -0.15) is 0 Å². The van der Waals surface area contributed by atoms with Crippen LogP contribution < -0.4 is 4.90 Å². The summed E-state index contributed by atoms with van der Waals surface area (Å²) in [5.74, 6) is 2.09. The van der Waals surface area contributed by atoms with Crippen LogP contribution in [-0.4, -0.2) is 40.5 Å². The van der Waals surface area contributed by atoms with Crippen molar-refractivity contribution in [3.05, 3.63) is 41.4 Å². The molecule has 1 unspecified atom stereocenters. The Kier molecular flexibility index (Phi) is 4.12. The van der Waals surface area contributed by atoms with Gasteiger partial charge in [0.05, 0.1) is 12.0 Å². The fraction of sp³-hybridized carbons (Fsp3) is 0.412. The van der Waals surface area contributed by atoms with E-state index in [1.54, 1.807) is 17.6 Å². The predicted molar refractivity (Wildman–Crippen MR) is 93.1 cm³/mol. The summed E-state index contributed by atoms with van der Waals surface area (Å²) in [5, 5.41) is 3.14. The van der Waals surface area contributed by atoms with E-state index in [-0.39, 0.29) is 0 Å². The van der Waals surface area contributed by atoms with Crippen LogP contribution in [0.15, 0.2) is 38.8 Å². The fourth-order valence-corrected chi connectivity index (χ4v) is 3.88. The van der Waals surface area contributed by atoms with Crippen LogP contribution in [0.5, 0.6) is 0 Å². The van der Waals surface area contributed by atoms with E-state index in [0.29, 0.717) is 17.7 Å². The van der Waals surface area contributed by atoms with Crippen LogP contribution in [0.4, 0.5) is 5.13 Å². The molecule has 1 fully saturated rings. The quantitative estimate of drug-likeness (QED) is 0.723. The molecule has 1 saturated heterocycles. The maximum absolute atomic E-state index is 5.76. The standard InChI is InChI=1S/C17H20N4O2S/c1-12-10-20(6-7-21(12)17-18-5-9-24-17)11-14-13(2)23-16(19-14)15-4-3-8-22-15/h3-5,8-9,12H,6-7,10-11H2,1-2H3. The molecule has 4 rings (SSSR count). The van der Waals surface area contributed by atoms with Crippen molar-refractivity contribution in [2.24, 2.45) is 0 Å². The normalized spacial score (nSPS) is 19.1. The van der Waals surface area contributed by atoms with Crippen LogP contribution in [-0.2, 0) is 6.54 Å². The number of furan rings is 1. The first-order valence-corrected chi connectivity index (χ1v) is 8.97. The van der Waals surface area contributed by atoms with E-state index in [1.807, 2.05) is 30.6 Å². The van der Waals surface area contributed by atoms with Crippen LogP contribution in [0, 0.1) is 6.92 Å². The van der Waals surface area contributed by atoms with Gasteiger partial charge in [0.25, 0.3) is 5.89 Å². The fourth-order valence-electron chi connectivity index (χ4n) is 3.11. The molecule has 0 aliphatic carbocycles. The number of nitrogens with zero attached hydrogens (tertiary/aromatic N) is 4. The second kappa shape index (κ2) is 6.41. The van der Waals surface area contributed by atoms with Crippen molar-refractivity contribution < 1.29 is 8.83 Å². The predicted octanol–water partition coefficient (Wildman–Crippen LogP) is 3.41. The first-order valence-electron chi connectivity index (χ1n) is 8.09. The minimum atomic E-state index is 0.432. The monoisotopic (exact) mass is 344 g/mol. The molecule has 0 bridgehead atoms. The first kappa shape index (κ1) is 15.4. The number of thiazole rings is 1. The van der Waals surface area contributed by atoms with Gasteiger partial charge < -0.3 is 13.7 Å². The molecule has 0 radical (unpaired) electrons. The van der Waals surface area contributed by atoms with Crippen molar-refractivity contribution in [3.63, 3.8) is 0 Å². The molecule has 0 spiro atoms. The van der Waals surface area contributed by atoms with E-state index in [0.717, 1.165) is 42.8 Å². The van der Waals surface area contributed by atoms with Gasteiger partial charge in [0, 0.05) is 43.8 Å². The van der Waals surface area contributed by atoms with E-state index in [9.17, 15) is 0 Å². The minimum absolute atomic E-state index is 0.432. The summed E-state index contributed by atoms with van der Waals surface area (Å²) < 4.78 is 11.1. The summed E-state index contributed by atoms with van der Waals surface area (Å²) >= 11 is 1.70. The second-order valence-corrected chi connectivity index (χ2v) is 6.96. The topological polar surface area (TPSA) is 58.5 Å². The number of aromatic nitrogens is 2. The summed E-state index contributed by atoms with van der Waals surface area (Å²) in [6.45, 7) is 7.97. The van der Waals surface area contributed by atoms with E-state index in [2.05, 4.69) is 26.7 Å². The lowest BCUT2D eigenvalue weighted by Gasteiger charge is -2.39. The van der Waals surface area contributed by atoms with Gasteiger partial charge in [-0.3, -0.25) is 4.90 Å². The van der Waals surface area contributed by atoms with Gasteiger partial charge in [0.2, 0.25) is 0 Å². The number of oxazole rings is 1. The third-order valence-electron chi connectivity index (χ3n) is 4.37. The van der Waals surface area contributed by atoms with Gasteiger partial charge in [0.15, 0.2) is 10.9 Å². The van der Waals surface area contributed by atoms with Crippen molar-refractivity contribution in [1.29, 1.82) is 0 Å². The zero-order valence-corrected chi connectivity index (χ0v) is 14.6. The lowest BCUT2D eigenvalue weighted by atomic mass is 10.2. The smallest absolute Gasteiger partial charge is 0.263 e. The molecule has 0 N–H and O–H groups in total. The van der Waals surface area contributed by atoms with Crippen molar-refractivity contribution in [1.82, 2.24) is 14.9 Å². The van der Waals surface area contributed by atoms with Crippen molar-refractivity contribution in [2.75, 3.05) is 24.5 Å². The van der Waals surface area contributed by atoms with Gasteiger partial charge >= 0.3 is 0 Å². The molecule has 126 valence electrons. The van der Waals surface area contributed by atoms with Crippen molar-refractivity contribution >= 4 is 16.5 Å². The van der Waals surface area contributed by atoms with Crippen molar-refractivity contribution in [2.45, 2.75) is 26.4 Å². The molecule has 0 aromatic carbocycles. The van der Waals surface area contributed by atoms with E-state index in [1.165, 1.54) is 0 Å². The summed E-state index contributed by atoms with van der Waals surface area (Å²) in [7, 11) is 0. The third-order valence-corrected chi connectivity index (χ3v) is 5.18.